The van der Waals surface area contributed by atoms with E-state index in [1.165, 1.54) is 10.5 Å². The topological polar surface area (TPSA) is 55.6 Å². The number of benzene rings is 1. The highest BCUT2D eigenvalue weighted by Gasteiger charge is 2.18. The van der Waals surface area contributed by atoms with E-state index in [4.69, 9.17) is 10.5 Å². The van der Waals surface area contributed by atoms with Crippen molar-refractivity contribution in [2.45, 2.75) is 25.3 Å². The summed E-state index contributed by atoms with van der Waals surface area (Å²) in [7, 11) is 3.32. The standard InChI is InChI=1S/C13H18N2O2/c1-15(2)13(16)17-10-7-6-9-4-3-5-12(14)11(9)8-10/h6-8,12H,3-5,14H2,1-2H3. The molecule has 1 atom stereocenters. The van der Waals surface area contributed by atoms with Gasteiger partial charge in [-0.25, -0.2) is 4.79 Å². The fraction of sp³-hybridized carbons (Fsp3) is 0.462. The first kappa shape index (κ1) is 11.9. The molecule has 0 aliphatic heterocycles. The van der Waals surface area contributed by atoms with Crippen LogP contribution in [-0.4, -0.2) is 25.1 Å². The van der Waals surface area contributed by atoms with Gasteiger partial charge >= 0.3 is 6.09 Å². The lowest BCUT2D eigenvalue weighted by molar-refractivity contribution is 0.172. The van der Waals surface area contributed by atoms with Gasteiger partial charge in [-0.1, -0.05) is 6.07 Å². The molecular weight excluding hydrogens is 216 g/mol. The summed E-state index contributed by atoms with van der Waals surface area (Å²) in [6.07, 6.45) is 2.82. The minimum atomic E-state index is -0.366. The second-order valence-corrected chi connectivity index (χ2v) is 4.62. The van der Waals surface area contributed by atoms with Crippen LogP contribution in [0.1, 0.15) is 30.0 Å². The average molecular weight is 234 g/mol. The van der Waals surface area contributed by atoms with Crippen LogP contribution in [0.2, 0.25) is 0 Å². The molecule has 0 aromatic heterocycles. The van der Waals surface area contributed by atoms with Crippen molar-refractivity contribution in [2.24, 2.45) is 5.73 Å². The summed E-state index contributed by atoms with van der Waals surface area (Å²) in [5.74, 6) is 0.569. The molecule has 0 spiro atoms. The Hall–Kier alpha value is -1.55. The van der Waals surface area contributed by atoms with E-state index < -0.39 is 0 Å². The molecule has 0 heterocycles. The molecule has 0 saturated carbocycles. The van der Waals surface area contributed by atoms with Crippen LogP contribution in [0.15, 0.2) is 18.2 Å². The first-order valence-corrected chi connectivity index (χ1v) is 5.85. The van der Waals surface area contributed by atoms with Gasteiger partial charge in [-0.05, 0) is 42.5 Å². The Balaban J connectivity index is 2.21. The highest BCUT2D eigenvalue weighted by molar-refractivity contribution is 5.70. The summed E-state index contributed by atoms with van der Waals surface area (Å²) in [5.41, 5.74) is 8.44. The molecule has 2 N–H and O–H groups in total. The Bertz CT molecular complexity index is 429. The molecule has 17 heavy (non-hydrogen) atoms. The molecule has 4 heteroatoms. The van der Waals surface area contributed by atoms with Gasteiger partial charge in [0.15, 0.2) is 0 Å². The third-order valence-electron chi connectivity index (χ3n) is 3.05. The predicted octanol–water partition coefficient (Wildman–Crippen LogP) is 2.08. The lowest BCUT2D eigenvalue weighted by atomic mass is 9.88. The lowest BCUT2D eigenvalue weighted by Crippen LogP contribution is -2.25. The molecule has 0 bridgehead atoms. The Morgan fingerprint density at radius 1 is 1.47 bits per heavy atom. The van der Waals surface area contributed by atoms with Crippen LogP contribution in [0.4, 0.5) is 4.79 Å². The number of nitrogens with zero attached hydrogens (tertiary/aromatic N) is 1. The van der Waals surface area contributed by atoms with Gasteiger partial charge in [0.05, 0.1) is 0 Å². The third kappa shape index (κ3) is 2.58. The quantitative estimate of drug-likeness (QED) is 0.809. The van der Waals surface area contributed by atoms with Crippen LogP contribution in [0, 0.1) is 0 Å². The minimum absolute atomic E-state index is 0.0664. The first-order chi connectivity index (χ1) is 8.08. The summed E-state index contributed by atoms with van der Waals surface area (Å²) in [5, 5.41) is 0. The second kappa shape index (κ2) is 4.75. The zero-order chi connectivity index (χ0) is 12.4. The maximum atomic E-state index is 11.4. The smallest absolute Gasteiger partial charge is 0.410 e. The fourth-order valence-corrected chi connectivity index (χ4v) is 2.07. The number of carbonyl (C=O) groups is 1. The Morgan fingerprint density at radius 2 is 2.24 bits per heavy atom. The zero-order valence-corrected chi connectivity index (χ0v) is 10.3. The van der Waals surface area contributed by atoms with Gasteiger partial charge in [0, 0.05) is 20.1 Å². The number of amides is 1. The van der Waals surface area contributed by atoms with E-state index >= 15 is 0 Å². The van der Waals surface area contributed by atoms with Crippen LogP contribution in [0.5, 0.6) is 5.75 Å². The van der Waals surface area contributed by atoms with Crippen molar-refractivity contribution in [1.29, 1.82) is 0 Å². The van der Waals surface area contributed by atoms with Crippen LogP contribution in [0.25, 0.3) is 0 Å². The van der Waals surface area contributed by atoms with Crippen molar-refractivity contribution < 1.29 is 9.53 Å². The van der Waals surface area contributed by atoms with Crippen molar-refractivity contribution in [3.63, 3.8) is 0 Å². The number of aryl methyl sites for hydroxylation is 1. The Labute approximate surface area is 101 Å². The molecule has 4 nitrogen and oxygen atoms in total. The highest BCUT2D eigenvalue weighted by Crippen LogP contribution is 2.30. The highest BCUT2D eigenvalue weighted by atomic mass is 16.6. The largest absolute Gasteiger partial charge is 0.414 e. The summed E-state index contributed by atoms with van der Waals surface area (Å²) in [4.78, 5) is 12.8. The van der Waals surface area contributed by atoms with E-state index in [-0.39, 0.29) is 12.1 Å². The van der Waals surface area contributed by atoms with Crippen molar-refractivity contribution in [3.05, 3.63) is 29.3 Å². The molecule has 0 fully saturated rings. The van der Waals surface area contributed by atoms with E-state index in [2.05, 4.69) is 0 Å². The summed E-state index contributed by atoms with van der Waals surface area (Å²) < 4.78 is 5.22. The number of hydrogen-bond donors (Lipinski definition) is 1. The van der Waals surface area contributed by atoms with Crippen molar-refractivity contribution >= 4 is 6.09 Å². The van der Waals surface area contributed by atoms with Crippen molar-refractivity contribution in [1.82, 2.24) is 4.90 Å². The maximum absolute atomic E-state index is 11.4. The summed E-state index contributed by atoms with van der Waals surface area (Å²) in [6, 6.07) is 5.79. The van der Waals surface area contributed by atoms with Gasteiger partial charge in [0.25, 0.3) is 0 Å². The lowest BCUT2D eigenvalue weighted by Gasteiger charge is -2.22. The number of rotatable bonds is 1. The fourth-order valence-electron chi connectivity index (χ4n) is 2.07. The predicted molar refractivity (Wildman–Crippen MR) is 66.0 cm³/mol. The van der Waals surface area contributed by atoms with Gasteiger partial charge in [-0.15, -0.1) is 0 Å². The number of hydrogen-bond acceptors (Lipinski definition) is 3. The van der Waals surface area contributed by atoms with Gasteiger partial charge in [-0.2, -0.15) is 0 Å². The molecule has 0 radical (unpaired) electrons. The molecule has 1 aromatic rings. The van der Waals surface area contributed by atoms with E-state index in [1.807, 2.05) is 18.2 Å². The van der Waals surface area contributed by atoms with Crippen LogP contribution >= 0.6 is 0 Å². The Kier molecular flexibility index (Phi) is 3.33. The molecule has 1 unspecified atom stereocenters. The molecule has 92 valence electrons. The van der Waals surface area contributed by atoms with Crippen LogP contribution in [0.3, 0.4) is 0 Å². The van der Waals surface area contributed by atoms with Gasteiger partial charge in [0.1, 0.15) is 5.75 Å². The Morgan fingerprint density at radius 3 is 2.94 bits per heavy atom. The molecular formula is C13H18N2O2. The van der Waals surface area contributed by atoms with E-state index in [0.717, 1.165) is 24.8 Å². The molecule has 1 aliphatic carbocycles. The first-order valence-electron chi connectivity index (χ1n) is 5.85. The number of carbonyl (C=O) groups excluding carboxylic acids is 1. The number of ether oxygens (including phenoxy) is 1. The maximum Gasteiger partial charge on any atom is 0.414 e. The second-order valence-electron chi connectivity index (χ2n) is 4.62. The van der Waals surface area contributed by atoms with Gasteiger partial charge < -0.3 is 15.4 Å². The van der Waals surface area contributed by atoms with E-state index in [1.54, 1.807) is 14.1 Å². The summed E-state index contributed by atoms with van der Waals surface area (Å²) >= 11 is 0. The average Bonchev–Trinajstić information content (AvgIpc) is 2.30. The SMILES string of the molecule is CN(C)C(=O)Oc1ccc2c(c1)C(N)CCC2. The van der Waals surface area contributed by atoms with Gasteiger partial charge in [-0.3, -0.25) is 0 Å². The van der Waals surface area contributed by atoms with E-state index in [0.29, 0.717) is 5.75 Å². The normalized spacial score (nSPS) is 18.4. The minimum Gasteiger partial charge on any atom is -0.410 e. The molecule has 0 saturated heterocycles. The zero-order valence-electron chi connectivity index (χ0n) is 10.3. The summed E-state index contributed by atoms with van der Waals surface area (Å²) in [6.45, 7) is 0. The van der Waals surface area contributed by atoms with Crippen LogP contribution < -0.4 is 10.5 Å². The van der Waals surface area contributed by atoms with Crippen molar-refractivity contribution in [3.8, 4) is 5.75 Å². The number of nitrogens with two attached hydrogens (primary N) is 1. The molecule has 1 aromatic carbocycles. The molecule has 1 amide bonds. The molecule has 1 aliphatic rings. The number of fused-ring (bicyclic) bond motifs is 1. The van der Waals surface area contributed by atoms with Gasteiger partial charge in [0.2, 0.25) is 0 Å². The monoisotopic (exact) mass is 234 g/mol. The third-order valence-corrected chi connectivity index (χ3v) is 3.05. The van der Waals surface area contributed by atoms with Crippen LogP contribution in [-0.2, 0) is 6.42 Å². The van der Waals surface area contributed by atoms with E-state index in [9.17, 15) is 4.79 Å². The van der Waals surface area contributed by atoms with Crippen molar-refractivity contribution in [2.75, 3.05) is 14.1 Å². The molecule has 2 rings (SSSR count).